The Hall–Kier alpha value is -2.95. The zero-order chi connectivity index (χ0) is 19.8. The van der Waals surface area contributed by atoms with Crippen LogP contribution < -0.4 is 4.74 Å². The highest BCUT2D eigenvalue weighted by Crippen LogP contribution is 2.73. The first-order chi connectivity index (χ1) is 14.2. The summed E-state index contributed by atoms with van der Waals surface area (Å²) in [6.07, 6.45) is 8.25. The van der Waals surface area contributed by atoms with Gasteiger partial charge in [-0.3, -0.25) is 9.59 Å². The number of nitrogens with zero attached hydrogens (tertiary/aromatic N) is 2. The maximum atomic E-state index is 13.1. The molecule has 2 aromatic carbocycles. The highest BCUT2D eigenvalue weighted by molar-refractivity contribution is 6.08. The summed E-state index contributed by atoms with van der Waals surface area (Å²) >= 11 is 0. The summed E-state index contributed by atoms with van der Waals surface area (Å²) in [5.41, 5.74) is 0.996. The highest BCUT2D eigenvalue weighted by Gasteiger charge is 2.73. The van der Waals surface area contributed by atoms with Gasteiger partial charge in [-0.1, -0.05) is 42.5 Å². The minimum absolute atomic E-state index is 0.141. The third-order valence-corrected chi connectivity index (χ3v) is 7.36. The van der Waals surface area contributed by atoms with Gasteiger partial charge < -0.3 is 4.74 Å². The summed E-state index contributed by atoms with van der Waals surface area (Å²) in [7, 11) is 0. The first kappa shape index (κ1) is 17.0. The number of hydrogen-bond donors (Lipinski definition) is 0. The molecule has 1 spiro atoms. The number of rotatable bonds is 4. The second-order valence-corrected chi connectivity index (χ2v) is 8.59. The molecule has 0 aromatic heterocycles. The number of benzene rings is 2. The highest BCUT2D eigenvalue weighted by atomic mass is 16.5. The second kappa shape index (κ2) is 5.78. The molecule has 5 heteroatoms. The van der Waals surface area contributed by atoms with Crippen LogP contribution in [0.4, 0.5) is 0 Å². The van der Waals surface area contributed by atoms with Crippen LogP contribution in [-0.2, 0) is 9.59 Å². The van der Waals surface area contributed by atoms with Gasteiger partial charge in [0.15, 0.2) is 0 Å². The van der Waals surface area contributed by atoms with Gasteiger partial charge in [-0.15, -0.1) is 0 Å². The number of amides is 2. The predicted molar refractivity (Wildman–Crippen MR) is 109 cm³/mol. The average molecular weight is 386 g/mol. The first-order valence-corrected chi connectivity index (χ1v) is 10.4. The van der Waals surface area contributed by atoms with Gasteiger partial charge in [-0.2, -0.15) is 10.1 Å². The zero-order valence-corrected chi connectivity index (χ0v) is 16.2. The van der Waals surface area contributed by atoms with Gasteiger partial charge in [0.25, 0.3) is 11.8 Å². The molecule has 3 fully saturated rings. The molecule has 6 rings (SSSR count). The molecule has 4 atom stereocenters. The molecule has 0 unspecified atom stereocenters. The molecular formula is C24H22N2O3. The van der Waals surface area contributed by atoms with Gasteiger partial charge in [0.1, 0.15) is 5.75 Å². The Balaban J connectivity index is 1.37. The van der Waals surface area contributed by atoms with Crippen LogP contribution in [0.5, 0.6) is 5.75 Å². The number of carbonyl (C=O) groups excluding carboxylic acids is 2. The molecular weight excluding hydrogens is 364 g/mol. The molecule has 2 aromatic rings. The Morgan fingerprint density at radius 1 is 1.07 bits per heavy atom. The summed E-state index contributed by atoms with van der Waals surface area (Å²) in [6, 6.07) is 11.9. The van der Waals surface area contributed by atoms with E-state index in [1.807, 2.05) is 43.3 Å². The van der Waals surface area contributed by atoms with E-state index in [0.29, 0.717) is 12.4 Å². The molecule has 1 heterocycles. The normalized spacial score (nSPS) is 30.9. The third-order valence-electron chi connectivity index (χ3n) is 7.36. The van der Waals surface area contributed by atoms with Gasteiger partial charge in [-0.05, 0) is 53.9 Å². The number of hydrogen-bond acceptors (Lipinski definition) is 4. The molecule has 2 saturated carbocycles. The standard InChI is InChI=1S/C24H22N2O3/c1-2-29-19-10-7-14-5-3-4-6-15(14)16(19)13-25-26-22(27)20-17-8-9-18(21(20)23(26)28)24(17)11-12-24/h3-10,13,17-18,20-21H,2,11-12H2,1H3/b25-13-/t17-,18+,20+,21-. The van der Waals surface area contributed by atoms with Crippen molar-refractivity contribution in [1.82, 2.24) is 5.01 Å². The van der Waals surface area contributed by atoms with Crippen LogP contribution >= 0.6 is 0 Å². The lowest BCUT2D eigenvalue weighted by molar-refractivity contribution is -0.141. The van der Waals surface area contributed by atoms with Crippen LogP contribution in [0.15, 0.2) is 53.7 Å². The summed E-state index contributed by atoms with van der Waals surface area (Å²) in [5, 5.41) is 7.57. The number of imide groups is 1. The van der Waals surface area contributed by atoms with Gasteiger partial charge in [-0.25, -0.2) is 0 Å². The summed E-state index contributed by atoms with van der Waals surface area (Å²) in [5.74, 6) is 0.395. The molecule has 0 radical (unpaired) electrons. The van der Waals surface area contributed by atoms with Crippen LogP contribution in [0.2, 0.25) is 0 Å². The van der Waals surface area contributed by atoms with Crippen LogP contribution in [0.25, 0.3) is 10.8 Å². The maximum absolute atomic E-state index is 13.1. The molecule has 146 valence electrons. The van der Waals surface area contributed by atoms with Crippen molar-refractivity contribution in [3.05, 3.63) is 54.1 Å². The summed E-state index contributed by atoms with van der Waals surface area (Å²) < 4.78 is 5.78. The van der Waals surface area contributed by atoms with E-state index < -0.39 is 0 Å². The Kier molecular flexibility index (Phi) is 3.38. The molecule has 1 saturated heterocycles. The van der Waals surface area contributed by atoms with Crippen molar-refractivity contribution in [2.45, 2.75) is 19.8 Å². The molecule has 4 aliphatic rings. The second-order valence-electron chi connectivity index (χ2n) is 8.59. The number of allylic oxidation sites excluding steroid dienone is 2. The Bertz CT molecular complexity index is 1080. The summed E-state index contributed by atoms with van der Waals surface area (Å²) in [6.45, 7) is 2.46. The molecule has 0 N–H and O–H groups in total. The fraction of sp³-hybridized carbons (Fsp3) is 0.375. The van der Waals surface area contributed by atoms with Crippen molar-refractivity contribution < 1.29 is 14.3 Å². The van der Waals surface area contributed by atoms with E-state index in [2.05, 4.69) is 17.3 Å². The fourth-order valence-electron chi connectivity index (χ4n) is 5.98. The van der Waals surface area contributed by atoms with Crippen molar-refractivity contribution >= 4 is 28.8 Å². The molecule has 29 heavy (non-hydrogen) atoms. The summed E-state index contributed by atoms with van der Waals surface area (Å²) in [4.78, 5) is 26.2. The van der Waals surface area contributed by atoms with Crippen LogP contribution in [0, 0.1) is 29.1 Å². The number of carbonyl (C=O) groups is 2. The SMILES string of the molecule is CCOc1ccc2ccccc2c1/C=N\N1C(=O)[C@@H]2[C@H](C1=O)[C@@H]1C=C[C@H]2C12CC2. The largest absolute Gasteiger partial charge is 0.493 e. The van der Waals surface area contributed by atoms with Crippen molar-refractivity contribution in [3.63, 3.8) is 0 Å². The van der Waals surface area contributed by atoms with E-state index in [9.17, 15) is 9.59 Å². The lowest BCUT2D eigenvalue weighted by Gasteiger charge is -2.19. The number of fused-ring (bicyclic) bond motifs is 4. The number of hydrazone groups is 1. The molecule has 2 bridgehead atoms. The van der Waals surface area contributed by atoms with Crippen LogP contribution in [0.3, 0.4) is 0 Å². The molecule has 3 aliphatic carbocycles. The lowest BCUT2D eigenvalue weighted by atomic mass is 9.85. The van der Waals surface area contributed by atoms with Gasteiger partial charge >= 0.3 is 0 Å². The van der Waals surface area contributed by atoms with Crippen LogP contribution in [0.1, 0.15) is 25.3 Å². The van der Waals surface area contributed by atoms with Crippen molar-refractivity contribution in [1.29, 1.82) is 0 Å². The van der Waals surface area contributed by atoms with Crippen molar-refractivity contribution in [2.24, 2.45) is 34.2 Å². The monoisotopic (exact) mass is 386 g/mol. The molecule has 1 aliphatic heterocycles. The smallest absolute Gasteiger partial charge is 0.254 e. The number of ether oxygens (including phenoxy) is 1. The minimum Gasteiger partial charge on any atom is -0.493 e. The van der Waals surface area contributed by atoms with Gasteiger partial charge in [0.05, 0.1) is 24.7 Å². The van der Waals surface area contributed by atoms with Crippen LogP contribution in [-0.4, -0.2) is 29.6 Å². The van der Waals surface area contributed by atoms with E-state index in [0.717, 1.165) is 34.2 Å². The van der Waals surface area contributed by atoms with E-state index in [-0.39, 0.29) is 40.9 Å². The van der Waals surface area contributed by atoms with Crippen molar-refractivity contribution in [3.8, 4) is 5.75 Å². The Morgan fingerprint density at radius 3 is 2.41 bits per heavy atom. The molecule has 5 nitrogen and oxygen atoms in total. The third kappa shape index (κ3) is 2.13. The van der Waals surface area contributed by atoms with Gasteiger partial charge in [0, 0.05) is 5.56 Å². The maximum Gasteiger partial charge on any atom is 0.254 e. The Labute approximate surface area is 169 Å². The Morgan fingerprint density at radius 2 is 1.76 bits per heavy atom. The van der Waals surface area contributed by atoms with Crippen molar-refractivity contribution in [2.75, 3.05) is 6.61 Å². The topological polar surface area (TPSA) is 59.0 Å². The van der Waals surface area contributed by atoms with E-state index >= 15 is 0 Å². The first-order valence-electron chi connectivity index (χ1n) is 10.4. The molecule has 2 amide bonds. The fourth-order valence-corrected chi connectivity index (χ4v) is 5.98. The zero-order valence-electron chi connectivity index (χ0n) is 16.2. The van der Waals surface area contributed by atoms with E-state index in [1.165, 1.54) is 0 Å². The average Bonchev–Trinajstić information content (AvgIpc) is 3.34. The van der Waals surface area contributed by atoms with Gasteiger partial charge in [0.2, 0.25) is 0 Å². The quantitative estimate of drug-likeness (QED) is 0.457. The van der Waals surface area contributed by atoms with E-state index in [1.54, 1.807) is 6.21 Å². The minimum atomic E-state index is -0.226. The predicted octanol–water partition coefficient (Wildman–Crippen LogP) is 3.77. The van der Waals surface area contributed by atoms with E-state index in [4.69, 9.17) is 4.74 Å². The lowest BCUT2D eigenvalue weighted by Crippen LogP contribution is -2.30.